The van der Waals surface area contributed by atoms with E-state index in [1.807, 2.05) is 40.9 Å². The lowest BCUT2D eigenvalue weighted by Gasteiger charge is -2.00. The topological polar surface area (TPSA) is 63.5 Å². The first-order valence-electron chi connectivity index (χ1n) is 6.20. The Labute approximate surface area is 111 Å². The second-order valence-corrected chi connectivity index (χ2v) is 4.52. The van der Waals surface area contributed by atoms with Gasteiger partial charge in [-0.2, -0.15) is 0 Å². The monoisotopic (exact) mass is 253 g/mol. The molecule has 0 amide bonds. The van der Waals surface area contributed by atoms with Gasteiger partial charge in [-0.05, 0) is 29.8 Å². The van der Waals surface area contributed by atoms with Crippen LogP contribution in [0.15, 0.2) is 48.7 Å². The smallest absolute Gasteiger partial charge is 0.137 e. The lowest BCUT2D eigenvalue weighted by Crippen LogP contribution is -2.02. The third-order valence-electron chi connectivity index (χ3n) is 3.16. The molecule has 3 rings (SSSR count). The lowest BCUT2D eigenvalue weighted by molar-refractivity contribution is 0.475. The predicted octanol–water partition coefficient (Wildman–Crippen LogP) is 2.09. The van der Waals surface area contributed by atoms with Gasteiger partial charge >= 0.3 is 0 Å². The van der Waals surface area contributed by atoms with Crippen molar-refractivity contribution in [2.24, 2.45) is 5.73 Å². The van der Waals surface area contributed by atoms with Crippen LogP contribution in [0.3, 0.4) is 0 Å². The summed E-state index contributed by atoms with van der Waals surface area (Å²) in [4.78, 5) is 4.58. The number of nitrogens with two attached hydrogens (primary N) is 1. The van der Waals surface area contributed by atoms with Crippen LogP contribution in [-0.4, -0.2) is 14.5 Å². The summed E-state index contributed by atoms with van der Waals surface area (Å²) in [6.07, 6.45) is 2.76. The number of aromatic hydroxyl groups is 1. The van der Waals surface area contributed by atoms with Crippen LogP contribution in [0.1, 0.15) is 17.0 Å². The molecule has 0 atom stereocenters. The van der Waals surface area contributed by atoms with E-state index in [0.717, 1.165) is 29.0 Å². The number of phenolic OH excluding ortho intramolecular Hbond substituents is 1. The van der Waals surface area contributed by atoms with Gasteiger partial charge in [0.15, 0.2) is 0 Å². The molecule has 0 radical (unpaired) electrons. The number of aromatic nitrogens is 2. The molecule has 4 heteroatoms. The molecule has 3 aromatic rings. The van der Waals surface area contributed by atoms with Gasteiger partial charge in [-0.25, -0.2) is 4.98 Å². The molecule has 0 saturated heterocycles. The number of hydrogen-bond donors (Lipinski definition) is 2. The fraction of sp³-hybridized carbons (Fsp3) is 0.133. The van der Waals surface area contributed by atoms with Crippen LogP contribution >= 0.6 is 0 Å². The van der Waals surface area contributed by atoms with Crippen LogP contribution in [0.4, 0.5) is 0 Å². The minimum atomic E-state index is 0.282. The maximum Gasteiger partial charge on any atom is 0.137 e. The summed E-state index contributed by atoms with van der Waals surface area (Å²) < 4.78 is 2.02. The number of benzene rings is 1. The Morgan fingerprint density at radius 2 is 1.89 bits per heavy atom. The zero-order valence-corrected chi connectivity index (χ0v) is 10.5. The molecule has 1 aromatic carbocycles. The van der Waals surface area contributed by atoms with E-state index in [4.69, 9.17) is 5.73 Å². The van der Waals surface area contributed by atoms with Crippen molar-refractivity contribution in [1.82, 2.24) is 9.38 Å². The third kappa shape index (κ3) is 2.30. The highest BCUT2D eigenvalue weighted by Crippen LogP contribution is 2.15. The number of imidazole rings is 1. The Balaban J connectivity index is 1.95. The van der Waals surface area contributed by atoms with Crippen LogP contribution < -0.4 is 5.73 Å². The van der Waals surface area contributed by atoms with Crippen LogP contribution in [0, 0.1) is 0 Å². The Kier molecular flexibility index (Phi) is 2.93. The molecular weight excluding hydrogens is 238 g/mol. The van der Waals surface area contributed by atoms with Crippen LogP contribution in [-0.2, 0) is 13.0 Å². The maximum absolute atomic E-state index is 9.27. The predicted molar refractivity (Wildman–Crippen MR) is 74.0 cm³/mol. The second-order valence-electron chi connectivity index (χ2n) is 4.52. The van der Waals surface area contributed by atoms with Crippen molar-refractivity contribution in [1.29, 1.82) is 0 Å². The van der Waals surface area contributed by atoms with E-state index >= 15 is 0 Å². The first-order valence-corrected chi connectivity index (χ1v) is 6.20. The average molecular weight is 253 g/mol. The van der Waals surface area contributed by atoms with Crippen LogP contribution in [0.2, 0.25) is 0 Å². The van der Waals surface area contributed by atoms with Gasteiger partial charge in [0.05, 0.1) is 5.69 Å². The van der Waals surface area contributed by atoms with Crippen molar-refractivity contribution in [2.75, 3.05) is 0 Å². The Morgan fingerprint density at radius 1 is 1.11 bits per heavy atom. The van der Waals surface area contributed by atoms with Crippen molar-refractivity contribution >= 4 is 5.65 Å². The van der Waals surface area contributed by atoms with Gasteiger partial charge < -0.3 is 15.2 Å². The zero-order chi connectivity index (χ0) is 13.2. The minimum Gasteiger partial charge on any atom is -0.508 e. The van der Waals surface area contributed by atoms with E-state index in [-0.39, 0.29) is 5.75 Å². The molecule has 96 valence electrons. The summed E-state index contributed by atoms with van der Waals surface area (Å²) in [5.41, 5.74) is 9.79. The molecule has 3 N–H and O–H groups in total. The summed E-state index contributed by atoms with van der Waals surface area (Å²) in [6, 6.07) is 13.1. The average Bonchev–Trinajstić information content (AvgIpc) is 2.83. The van der Waals surface area contributed by atoms with E-state index in [9.17, 15) is 5.11 Å². The number of nitrogens with zero attached hydrogens (tertiary/aromatic N) is 2. The van der Waals surface area contributed by atoms with Gasteiger partial charge in [0.1, 0.15) is 11.4 Å². The normalized spacial score (nSPS) is 11.0. The fourth-order valence-corrected chi connectivity index (χ4v) is 2.19. The Bertz CT molecular complexity index is 701. The highest BCUT2D eigenvalue weighted by molar-refractivity contribution is 5.43. The van der Waals surface area contributed by atoms with Gasteiger partial charge in [0.25, 0.3) is 0 Å². The molecule has 0 saturated carbocycles. The third-order valence-corrected chi connectivity index (χ3v) is 3.16. The quantitative estimate of drug-likeness (QED) is 0.751. The summed E-state index contributed by atoms with van der Waals surface area (Å²) in [7, 11) is 0. The number of rotatable bonds is 3. The molecule has 0 bridgehead atoms. The van der Waals surface area contributed by atoms with E-state index in [0.29, 0.717) is 6.54 Å². The summed E-state index contributed by atoms with van der Waals surface area (Å²) >= 11 is 0. The van der Waals surface area contributed by atoms with Crippen LogP contribution in [0.5, 0.6) is 5.75 Å². The minimum absolute atomic E-state index is 0.282. The number of pyridine rings is 1. The Hall–Kier alpha value is -2.33. The highest BCUT2D eigenvalue weighted by Gasteiger charge is 2.05. The van der Waals surface area contributed by atoms with Crippen molar-refractivity contribution < 1.29 is 5.11 Å². The molecular formula is C15H15N3O. The van der Waals surface area contributed by atoms with E-state index in [1.54, 1.807) is 12.1 Å². The van der Waals surface area contributed by atoms with E-state index < -0.39 is 0 Å². The van der Waals surface area contributed by atoms with Gasteiger partial charge in [-0.3, -0.25) is 0 Å². The molecule has 0 aliphatic carbocycles. The highest BCUT2D eigenvalue weighted by atomic mass is 16.3. The molecule has 0 spiro atoms. The number of fused-ring (bicyclic) bond motifs is 1. The zero-order valence-electron chi connectivity index (χ0n) is 10.5. The van der Waals surface area contributed by atoms with Crippen molar-refractivity contribution in [3.05, 3.63) is 65.6 Å². The molecule has 2 aromatic heterocycles. The maximum atomic E-state index is 9.27. The molecule has 0 fully saturated rings. The molecule has 19 heavy (non-hydrogen) atoms. The lowest BCUT2D eigenvalue weighted by atomic mass is 10.1. The summed E-state index contributed by atoms with van der Waals surface area (Å²) in [6.45, 7) is 0.492. The van der Waals surface area contributed by atoms with Crippen LogP contribution in [0.25, 0.3) is 5.65 Å². The van der Waals surface area contributed by atoms with Crippen molar-refractivity contribution in [3.8, 4) is 5.75 Å². The number of phenols is 1. The van der Waals surface area contributed by atoms with Gasteiger partial charge in [0, 0.05) is 24.9 Å². The van der Waals surface area contributed by atoms with E-state index in [1.165, 1.54) is 0 Å². The molecule has 0 aliphatic heterocycles. The molecule has 0 aliphatic rings. The molecule has 4 nitrogen and oxygen atoms in total. The molecule has 0 unspecified atom stereocenters. The SMILES string of the molecule is NCc1cccc2nc(Cc3ccc(O)cc3)cn12. The van der Waals surface area contributed by atoms with Gasteiger partial charge in [0.2, 0.25) is 0 Å². The van der Waals surface area contributed by atoms with Gasteiger partial charge in [-0.1, -0.05) is 18.2 Å². The van der Waals surface area contributed by atoms with E-state index in [2.05, 4.69) is 4.98 Å². The first-order chi connectivity index (χ1) is 9.26. The fourth-order valence-electron chi connectivity index (χ4n) is 2.19. The standard InChI is InChI=1S/C15H15N3O/c16-9-13-2-1-3-15-17-12(10-18(13)15)8-11-4-6-14(19)7-5-11/h1-7,10,19H,8-9,16H2. The summed E-state index contributed by atoms with van der Waals surface area (Å²) in [5, 5.41) is 9.27. The second kappa shape index (κ2) is 4.74. The van der Waals surface area contributed by atoms with Gasteiger partial charge in [-0.15, -0.1) is 0 Å². The first kappa shape index (κ1) is 11.7. The van der Waals surface area contributed by atoms with Crippen molar-refractivity contribution in [2.45, 2.75) is 13.0 Å². The Morgan fingerprint density at radius 3 is 2.63 bits per heavy atom. The summed E-state index contributed by atoms with van der Waals surface area (Å²) in [5.74, 6) is 0.282. The largest absolute Gasteiger partial charge is 0.508 e. The number of hydrogen-bond acceptors (Lipinski definition) is 3. The molecule has 2 heterocycles. The van der Waals surface area contributed by atoms with Crippen molar-refractivity contribution in [3.63, 3.8) is 0 Å².